The van der Waals surface area contributed by atoms with Crippen LogP contribution in [0.3, 0.4) is 0 Å². The smallest absolute Gasteiger partial charge is 0.273 e. The minimum Gasteiger partial charge on any atom is -0.348 e. The molecule has 1 heterocycles. The van der Waals surface area contributed by atoms with Gasteiger partial charge in [0, 0.05) is 6.04 Å². The van der Waals surface area contributed by atoms with E-state index in [1.165, 1.54) is 4.68 Å². The molecule has 19 heavy (non-hydrogen) atoms. The lowest BCUT2D eigenvalue weighted by Crippen LogP contribution is -2.32. The van der Waals surface area contributed by atoms with Crippen molar-refractivity contribution in [1.82, 2.24) is 20.3 Å². The van der Waals surface area contributed by atoms with Gasteiger partial charge in [0.2, 0.25) is 0 Å². The molecule has 1 aromatic carbocycles. The van der Waals surface area contributed by atoms with Crippen molar-refractivity contribution >= 4 is 17.5 Å². The number of hydrogen-bond donors (Lipinski definition) is 1. The Morgan fingerprint density at radius 1 is 1.47 bits per heavy atom. The molecule has 1 atom stereocenters. The summed E-state index contributed by atoms with van der Waals surface area (Å²) in [7, 11) is 0. The highest BCUT2D eigenvalue weighted by atomic mass is 35.5. The Labute approximate surface area is 116 Å². The lowest BCUT2D eigenvalue weighted by molar-refractivity contribution is 0.0934. The Hall–Kier alpha value is -1.88. The van der Waals surface area contributed by atoms with Crippen molar-refractivity contribution in [1.29, 1.82) is 0 Å². The summed E-state index contributed by atoms with van der Waals surface area (Å²) in [6.45, 7) is 3.95. The molecule has 0 fully saturated rings. The van der Waals surface area contributed by atoms with Gasteiger partial charge in [0.05, 0.1) is 16.9 Å². The van der Waals surface area contributed by atoms with E-state index in [1.54, 1.807) is 12.3 Å². The van der Waals surface area contributed by atoms with E-state index in [-0.39, 0.29) is 17.6 Å². The second kappa shape index (κ2) is 5.84. The van der Waals surface area contributed by atoms with Crippen molar-refractivity contribution in [3.8, 4) is 5.69 Å². The molecule has 2 rings (SSSR count). The molecule has 1 aromatic heterocycles. The number of nitrogens with zero attached hydrogens (tertiary/aromatic N) is 3. The molecule has 0 spiro atoms. The van der Waals surface area contributed by atoms with E-state index < -0.39 is 0 Å². The van der Waals surface area contributed by atoms with Crippen molar-refractivity contribution in [3.63, 3.8) is 0 Å². The fourth-order valence-electron chi connectivity index (χ4n) is 1.52. The van der Waals surface area contributed by atoms with Gasteiger partial charge in [-0.1, -0.05) is 35.9 Å². The van der Waals surface area contributed by atoms with Crippen LogP contribution in [0.25, 0.3) is 5.69 Å². The molecule has 0 bridgehead atoms. The summed E-state index contributed by atoms with van der Waals surface area (Å²) < 4.78 is 1.49. The Morgan fingerprint density at radius 2 is 2.21 bits per heavy atom. The molecule has 0 saturated carbocycles. The van der Waals surface area contributed by atoms with Gasteiger partial charge in [-0.15, -0.1) is 5.10 Å². The molecule has 1 amide bonds. The van der Waals surface area contributed by atoms with E-state index in [4.69, 9.17) is 11.6 Å². The number of amides is 1. The van der Waals surface area contributed by atoms with Crippen LogP contribution in [-0.4, -0.2) is 26.9 Å². The van der Waals surface area contributed by atoms with E-state index in [0.29, 0.717) is 10.7 Å². The lowest BCUT2D eigenvalue weighted by Gasteiger charge is -2.08. The molecule has 100 valence electrons. The Morgan fingerprint density at radius 3 is 2.89 bits per heavy atom. The average Bonchev–Trinajstić information content (AvgIpc) is 2.88. The van der Waals surface area contributed by atoms with Gasteiger partial charge in [-0.2, -0.15) is 0 Å². The molecule has 0 aliphatic rings. The normalized spacial score (nSPS) is 12.2. The summed E-state index contributed by atoms with van der Waals surface area (Å²) in [6, 6.07) is 7.37. The van der Waals surface area contributed by atoms with Gasteiger partial charge in [0.25, 0.3) is 5.91 Å². The SMILES string of the molecule is CC[C@@H](C)NC(=O)c1cn(-c2ccccc2Cl)nn1. The Kier molecular flexibility index (Phi) is 4.16. The minimum atomic E-state index is -0.229. The predicted octanol–water partition coefficient (Wildman–Crippen LogP) is 2.45. The summed E-state index contributed by atoms with van der Waals surface area (Å²) in [5.74, 6) is -0.229. The first-order valence-electron chi connectivity index (χ1n) is 6.10. The van der Waals surface area contributed by atoms with E-state index in [0.717, 1.165) is 6.42 Å². The minimum absolute atomic E-state index is 0.109. The number of aromatic nitrogens is 3. The molecule has 5 nitrogen and oxygen atoms in total. The van der Waals surface area contributed by atoms with E-state index in [2.05, 4.69) is 15.6 Å². The quantitative estimate of drug-likeness (QED) is 0.934. The molecule has 1 N–H and O–H groups in total. The molecule has 6 heteroatoms. The first kappa shape index (κ1) is 13.5. The van der Waals surface area contributed by atoms with Crippen LogP contribution in [0.1, 0.15) is 30.8 Å². The zero-order valence-corrected chi connectivity index (χ0v) is 11.6. The first-order valence-corrected chi connectivity index (χ1v) is 6.47. The standard InChI is InChI=1S/C13H15ClN4O/c1-3-9(2)15-13(19)11-8-18(17-16-11)12-7-5-4-6-10(12)14/h4-9H,3H2,1-2H3,(H,15,19)/t9-/m1/s1. The highest BCUT2D eigenvalue weighted by molar-refractivity contribution is 6.32. The number of hydrogen-bond acceptors (Lipinski definition) is 3. The third-order valence-electron chi connectivity index (χ3n) is 2.82. The van der Waals surface area contributed by atoms with Crippen LogP contribution in [0.5, 0.6) is 0 Å². The van der Waals surface area contributed by atoms with Crippen LogP contribution < -0.4 is 5.32 Å². The van der Waals surface area contributed by atoms with Gasteiger partial charge < -0.3 is 5.32 Å². The number of rotatable bonds is 4. The summed E-state index contributed by atoms with van der Waals surface area (Å²) in [6.07, 6.45) is 2.43. The first-order chi connectivity index (χ1) is 9.11. The van der Waals surface area contributed by atoms with Gasteiger partial charge >= 0.3 is 0 Å². The van der Waals surface area contributed by atoms with Crippen LogP contribution in [0.4, 0.5) is 0 Å². The van der Waals surface area contributed by atoms with Gasteiger partial charge in [0.1, 0.15) is 0 Å². The highest BCUT2D eigenvalue weighted by Crippen LogP contribution is 2.18. The van der Waals surface area contributed by atoms with Gasteiger partial charge in [-0.25, -0.2) is 4.68 Å². The maximum Gasteiger partial charge on any atom is 0.273 e. The monoisotopic (exact) mass is 278 g/mol. The van der Waals surface area contributed by atoms with Crippen LogP contribution in [0, 0.1) is 0 Å². The third-order valence-corrected chi connectivity index (χ3v) is 3.13. The Bertz CT molecular complexity index is 582. The van der Waals surface area contributed by atoms with E-state index in [9.17, 15) is 4.79 Å². The second-order valence-electron chi connectivity index (χ2n) is 4.28. The van der Waals surface area contributed by atoms with Crippen molar-refractivity contribution in [3.05, 3.63) is 41.2 Å². The molecule has 2 aromatic rings. The van der Waals surface area contributed by atoms with Crippen LogP contribution in [0.2, 0.25) is 5.02 Å². The average molecular weight is 279 g/mol. The second-order valence-corrected chi connectivity index (χ2v) is 4.69. The maximum atomic E-state index is 11.9. The van der Waals surface area contributed by atoms with E-state index in [1.807, 2.05) is 32.0 Å². The zero-order valence-electron chi connectivity index (χ0n) is 10.8. The van der Waals surface area contributed by atoms with Gasteiger partial charge in [-0.3, -0.25) is 4.79 Å². The fourth-order valence-corrected chi connectivity index (χ4v) is 1.75. The van der Waals surface area contributed by atoms with Gasteiger partial charge in [0.15, 0.2) is 5.69 Å². The fraction of sp³-hybridized carbons (Fsp3) is 0.308. The van der Waals surface area contributed by atoms with Gasteiger partial charge in [-0.05, 0) is 25.5 Å². The van der Waals surface area contributed by atoms with Crippen molar-refractivity contribution in [2.24, 2.45) is 0 Å². The predicted molar refractivity (Wildman–Crippen MR) is 73.6 cm³/mol. The number of benzene rings is 1. The number of halogens is 1. The molecular formula is C13H15ClN4O. The van der Waals surface area contributed by atoms with Crippen LogP contribution in [0.15, 0.2) is 30.5 Å². The lowest BCUT2D eigenvalue weighted by atomic mass is 10.2. The van der Waals surface area contributed by atoms with Crippen molar-refractivity contribution in [2.45, 2.75) is 26.3 Å². The summed E-state index contributed by atoms with van der Waals surface area (Å²) in [4.78, 5) is 11.9. The number of carbonyl (C=O) groups excluding carboxylic acids is 1. The van der Waals surface area contributed by atoms with Crippen LogP contribution >= 0.6 is 11.6 Å². The summed E-state index contributed by atoms with van der Waals surface area (Å²) in [5, 5.41) is 11.2. The van der Waals surface area contributed by atoms with Crippen LogP contribution in [-0.2, 0) is 0 Å². The molecular weight excluding hydrogens is 264 g/mol. The zero-order chi connectivity index (χ0) is 13.8. The molecule has 0 aliphatic carbocycles. The number of nitrogens with one attached hydrogen (secondary N) is 1. The maximum absolute atomic E-state index is 11.9. The number of para-hydroxylation sites is 1. The largest absolute Gasteiger partial charge is 0.348 e. The molecule has 0 aliphatic heterocycles. The van der Waals surface area contributed by atoms with Crippen molar-refractivity contribution in [2.75, 3.05) is 0 Å². The third kappa shape index (κ3) is 3.12. The van der Waals surface area contributed by atoms with E-state index >= 15 is 0 Å². The Balaban J connectivity index is 2.20. The molecule has 0 radical (unpaired) electrons. The molecule has 0 unspecified atom stereocenters. The molecule has 0 saturated heterocycles. The topological polar surface area (TPSA) is 59.8 Å². The van der Waals surface area contributed by atoms with Crippen molar-refractivity contribution < 1.29 is 4.79 Å². The summed E-state index contributed by atoms with van der Waals surface area (Å²) >= 11 is 6.07. The number of carbonyl (C=O) groups is 1. The highest BCUT2D eigenvalue weighted by Gasteiger charge is 2.14. The summed E-state index contributed by atoms with van der Waals surface area (Å²) in [5.41, 5.74) is 0.972.